The van der Waals surface area contributed by atoms with Crippen LogP contribution in [0.4, 0.5) is 0 Å². The maximum Gasteiger partial charge on any atom is 0.305 e. The lowest BCUT2D eigenvalue weighted by Gasteiger charge is -2.04. The quantitative estimate of drug-likeness (QED) is 0.534. The minimum Gasteiger partial charge on any atom is -0.469 e. The summed E-state index contributed by atoms with van der Waals surface area (Å²) < 4.78 is 28.7. The first-order valence-corrected chi connectivity index (χ1v) is 5.82. The van der Waals surface area contributed by atoms with E-state index in [1.807, 2.05) is 0 Å². The van der Waals surface area contributed by atoms with Crippen LogP contribution in [0.15, 0.2) is 0 Å². The van der Waals surface area contributed by atoms with Crippen LogP contribution in [0.25, 0.3) is 0 Å². The number of esters is 1. The van der Waals surface area contributed by atoms with Gasteiger partial charge in [0.25, 0.3) is 0 Å². The second-order valence-electron chi connectivity index (χ2n) is 2.62. The second kappa shape index (κ2) is 6.74. The van der Waals surface area contributed by atoms with Crippen LogP contribution in [0.2, 0.25) is 0 Å². The highest BCUT2D eigenvalue weighted by atomic mass is 32.2. The van der Waals surface area contributed by atoms with E-state index in [0.717, 1.165) is 0 Å². The molecule has 7 heteroatoms. The molecule has 0 aromatic rings. The number of carbonyl (C=O) groups is 1. The zero-order valence-corrected chi connectivity index (χ0v) is 8.84. The van der Waals surface area contributed by atoms with Gasteiger partial charge in [-0.25, -0.2) is 13.1 Å². The molecule has 0 fully saturated rings. The Kier molecular flexibility index (Phi) is 6.43. The Labute approximate surface area is 83.3 Å². The van der Waals surface area contributed by atoms with Crippen LogP contribution in [-0.2, 0) is 19.6 Å². The molecule has 0 radical (unpaired) electrons. The summed E-state index contributed by atoms with van der Waals surface area (Å²) in [7, 11) is -2.11. The van der Waals surface area contributed by atoms with Gasteiger partial charge in [0.15, 0.2) is 0 Å². The lowest BCUT2D eigenvalue weighted by molar-refractivity contribution is -0.140. The topological polar surface area (TPSA) is 92.7 Å². The molecule has 0 aliphatic heterocycles. The van der Waals surface area contributed by atoms with E-state index in [0.29, 0.717) is 0 Å². The van der Waals surface area contributed by atoms with Crippen LogP contribution < -0.4 is 4.72 Å². The van der Waals surface area contributed by atoms with Crippen LogP contribution in [0.1, 0.15) is 12.8 Å². The van der Waals surface area contributed by atoms with Crippen molar-refractivity contribution in [1.29, 1.82) is 0 Å². The molecule has 0 bridgehead atoms. The Balaban J connectivity index is 3.71. The fourth-order valence-electron chi connectivity index (χ4n) is 0.782. The molecule has 0 atom stereocenters. The number of carbonyl (C=O) groups excluding carboxylic acids is 1. The Morgan fingerprint density at radius 2 is 2.14 bits per heavy atom. The summed E-state index contributed by atoms with van der Waals surface area (Å²) in [6.45, 7) is -0.239. The third-order valence-corrected chi connectivity index (χ3v) is 2.93. The van der Waals surface area contributed by atoms with Crippen LogP contribution in [0.5, 0.6) is 0 Å². The first kappa shape index (κ1) is 13.3. The first-order valence-electron chi connectivity index (χ1n) is 4.17. The molecule has 0 saturated carbocycles. The summed E-state index contributed by atoms with van der Waals surface area (Å²) in [6, 6.07) is 0. The predicted octanol–water partition coefficient (Wildman–Crippen LogP) is -1.15. The average Bonchev–Trinajstić information content (AvgIpc) is 2.14. The maximum absolute atomic E-state index is 11.1. The van der Waals surface area contributed by atoms with Crippen LogP contribution in [-0.4, -0.2) is 45.5 Å². The molecule has 6 nitrogen and oxygen atoms in total. The summed E-state index contributed by atoms with van der Waals surface area (Å²) in [5.74, 6) is -0.565. The molecular formula is C7H15NO5S. The van der Waals surface area contributed by atoms with E-state index in [2.05, 4.69) is 9.46 Å². The zero-order valence-electron chi connectivity index (χ0n) is 8.02. The van der Waals surface area contributed by atoms with Crippen molar-refractivity contribution in [3.63, 3.8) is 0 Å². The average molecular weight is 225 g/mol. The van der Waals surface area contributed by atoms with Crippen LogP contribution >= 0.6 is 0 Å². The van der Waals surface area contributed by atoms with Gasteiger partial charge < -0.3 is 9.84 Å². The fraction of sp³-hybridized carbons (Fsp3) is 0.857. The lowest BCUT2D eigenvalue weighted by atomic mass is 10.3. The van der Waals surface area contributed by atoms with Crippen molar-refractivity contribution in [3.05, 3.63) is 0 Å². The van der Waals surface area contributed by atoms with Crippen molar-refractivity contribution in [1.82, 2.24) is 4.72 Å². The molecule has 84 valence electrons. The number of aliphatic hydroxyl groups excluding tert-OH is 1. The number of methoxy groups -OCH3 is 1. The molecule has 0 aliphatic rings. The molecular weight excluding hydrogens is 210 g/mol. The second-order valence-corrected chi connectivity index (χ2v) is 4.54. The van der Waals surface area contributed by atoms with Crippen molar-refractivity contribution < 1.29 is 23.1 Å². The summed E-state index contributed by atoms with van der Waals surface area (Å²) in [5.41, 5.74) is 0. The Hall–Kier alpha value is -0.660. The summed E-state index contributed by atoms with van der Waals surface area (Å²) >= 11 is 0. The van der Waals surface area contributed by atoms with Gasteiger partial charge >= 0.3 is 5.97 Å². The number of sulfonamides is 1. The molecule has 0 aliphatic carbocycles. The number of ether oxygens (including phenoxy) is 1. The van der Waals surface area contributed by atoms with E-state index in [4.69, 9.17) is 5.11 Å². The van der Waals surface area contributed by atoms with E-state index in [-0.39, 0.29) is 31.7 Å². The van der Waals surface area contributed by atoms with Gasteiger partial charge in [-0.1, -0.05) is 0 Å². The molecule has 0 aromatic carbocycles. The Morgan fingerprint density at radius 1 is 1.50 bits per heavy atom. The fourth-order valence-corrected chi connectivity index (χ4v) is 1.85. The Morgan fingerprint density at radius 3 is 2.64 bits per heavy atom. The summed E-state index contributed by atoms with van der Waals surface area (Å²) in [4.78, 5) is 10.6. The summed E-state index contributed by atoms with van der Waals surface area (Å²) in [5, 5.41) is 8.38. The van der Waals surface area contributed by atoms with Gasteiger partial charge in [-0.15, -0.1) is 0 Å². The van der Waals surface area contributed by atoms with Crippen molar-refractivity contribution >= 4 is 16.0 Å². The smallest absolute Gasteiger partial charge is 0.305 e. The van der Waals surface area contributed by atoms with E-state index in [9.17, 15) is 13.2 Å². The maximum atomic E-state index is 11.1. The molecule has 2 N–H and O–H groups in total. The zero-order chi connectivity index (χ0) is 11.0. The first-order chi connectivity index (χ1) is 6.52. The van der Waals surface area contributed by atoms with Gasteiger partial charge in [-0.3, -0.25) is 4.79 Å². The molecule has 0 heterocycles. The molecule has 0 spiro atoms. The standard InChI is InChI=1S/C7H15NO5S/c1-13-7(10)3-2-6-14(11,12)8-4-5-9/h8-9H,2-6H2,1H3. The number of hydrogen-bond acceptors (Lipinski definition) is 5. The van der Waals surface area contributed by atoms with Gasteiger partial charge in [0.05, 0.1) is 19.5 Å². The Bertz CT molecular complexity index is 261. The number of nitrogens with one attached hydrogen (secondary N) is 1. The minimum atomic E-state index is -3.37. The third kappa shape index (κ3) is 6.81. The summed E-state index contributed by atoms with van der Waals surface area (Å²) in [6.07, 6.45) is 0.296. The van der Waals surface area contributed by atoms with E-state index in [1.165, 1.54) is 7.11 Å². The van der Waals surface area contributed by atoms with Crippen molar-refractivity contribution in [2.45, 2.75) is 12.8 Å². The minimum absolute atomic E-state index is 0.000553. The molecule has 0 rings (SSSR count). The number of aliphatic hydroxyl groups is 1. The van der Waals surface area contributed by atoms with Gasteiger partial charge in [0, 0.05) is 13.0 Å². The van der Waals surface area contributed by atoms with E-state index in [1.54, 1.807) is 0 Å². The van der Waals surface area contributed by atoms with Gasteiger partial charge in [0.1, 0.15) is 0 Å². The number of rotatable bonds is 7. The largest absolute Gasteiger partial charge is 0.469 e. The van der Waals surface area contributed by atoms with Crippen molar-refractivity contribution in [3.8, 4) is 0 Å². The van der Waals surface area contributed by atoms with Gasteiger partial charge in [-0.2, -0.15) is 0 Å². The predicted molar refractivity (Wildman–Crippen MR) is 50.1 cm³/mol. The highest BCUT2D eigenvalue weighted by Crippen LogP contribution is 1.95. The molecule has 14 heavy (non-hydrogen) atoms. The van der Waals surface area contributed by atoms with Gasteiger partial charge in [0.2, 0.25) is 10.0 Å². The van der Waals surface area contributed by atoms with Crippen LogP contribution in [0.3, 0.4) is 0 Å². The van der Waals surface area contributed by atoms with Crippen molar-refractivity contribution in [2.24, 2.45) is 0 Å². The third-order valence-electron chi connectivity index (χ3n) is 1.46. The highest BCUT2D eigenvalue weighted by molar-refractivity contribution is 7.89. The normalized spacial score (nSPS) is 11.3. The van der Waals surface area contributed by atoms with Gasteiger partial charge in [-0.05, 0) is 6.42 Å². The lowest BCUT2D eigenvalue weighted by Crippen LogP contribution is -2.29. The van der Waals surface area contributed by atoms with Crippen LogP contribution in [0, 0.1) is 0 Å². The molecule has 0 aromatic heterocycles. The molecule has 0 saturated heterocycles. The number of hydrogen-bond donors (Lipinski definition) is 2. The van der Waals surface area contributed by atoms with E-state index < -0.39 is 16.0 Å². The van der Waals surface area contributed by atoms with Crippen molar-refractivity contribution in [2.75, 3.05) is 26.0 Å². The highest BCUT2D eigenvalue weighted by Gasteiger charge is 2.10. The van der Waals surface area contributed by atoms with E-state index >= 15 is 0 Å². The molecule has 0 amide bonds. The SMILES string of the molecule is COC(=O)CCCS(=O)(=O)NCCO. The monoisotopic (exact) mass is 225 g/mol. The molecule has 0 unspecified atom stereocenters.